The number of hydrogen-bond acceptors (Lipinski definition) is 5. The highest BCUT2D eigenvalue weighted by atomic mass is 35.5. The molecule has 0 aromatic carbocycles. The molecule has 3 rings (SSSR count). The van der Waals surface area contributed by atoms with E-state index in [1.54, 1.807) is 10.7 Å². The Bertz CT molecular complexity index is 643. The van der Waals surface area contributed by atoms with Gasteiger partial charge < -0.3 is 10.6 Å². The van der Waals surface area contributed by atoms with Gasteiger partial charge in [0.25, 0.3) is 0 Å². The van der Waals surface area contributed by atoms with Gasteiger partial charge in [-0.25, -0.2) is 18.9 Å². The summed E-state index contributed by atoms with van der Waals surface area (Å²) in [7, 11) is 0. The smallest absolute Gasteiger partial charge is 0.241 e. The van der Waals surface area contributed by atoms with E-state index >= 15 is 0 Å². The Morgan fingerprint density at radius 1 is 1.52 bits per heavy atom. The summed E-state index contributed by atoms with van der Waals surface area (Å²) in [5, 5.41) is 10.9. The fraction of sp³-hybridized carbons (Fsp3) is 0.615. The normalized spacial score (nSPS) is 22.9. The van der Waals surface area contributed by atoms with Gasteiger partial charge in [0.05, 0.1) is 12.2 Å². The molecule has 0 saturated carbocycles. The molecular formula is C13H18ClFN6. The molecule has 0 amide bonds. The summed E-state index contributed by atoms with van der Waals surface area (Å²) in [5.41, 5.74) is 0.660. The van der Waals surface area contributed by atoms with Gasteiger partial charge in [0, 0.05) is 12.5 Å². The lowest BCUT2D eigenvalue weighted by Crippen LogP contribution is -2.45. The molecule has 3 heterocycles. The molecule has 1 aliphatic heterocycles. The van der Waals surface area contributed by atoms with Crippen LogP contribution < -0.4 is 10.6 Å². The van der Waals surface area contributed by atoms with Crippen molar-refractivity contribution in [2.75, 3.05) is 18.4 Å². The van der Waals surface area contributed by atoms with Crippen LogP contribution in [0.5, 0.6) is 0 Å². The molecule has 114 valence electrons. The average Bonchev–Trinajstić information content (AvgIpc) is 2.79. The van der Waals surface area contributed by atoms with Gasteiger partial charge >= 0.3 is 0 Å². The number of fused-ring (bicyclic) bond motifs is 1. The maximum Gasteiger partial charge on any atom is 0.241 e. The molecule has 0 bridgehead atoms. The van der Waals surface area contributed by atoms with Crippen molar-refractivity contribution >= 4 is 23.1 Å². The second-order valence-corrected chi connectivity index (χ2v) is 5.91. The van der Waals surface area contributed by atoms with E-state index in [1.807, 2.05) is 13.8 Å². The Hall–Kier alpha value is -1.47. The van der Waals surface area contributed by atoms with Crippen molar-refractivity contribution in [3.05, 3.63) is 17.2 Å². The summed E-state index contributed by atoms with van der Waals surface area (Å²) in [6.07, 6.45) is 1.36. The number of rotatable bonds is 3. The summed E-state index contributed by atoms with van der Waals surface area (Å²) in [6, 6.07) is -0.273. The van der Waals surface area contributed by atoms with Gasteiger partial charge in [-0.1, -0.05) is 25.4 Å². The van der Waals surface area contributed by atoms with E-state index in [0.717, 1.165) is 12.4 Å². The lowest BCUT2D eigenvalue weighted by Gasteiger charge is -2.27. The number of aromatic nitrogens is 4. The van der Waals surface area contributed by atoms with E-state index in [-0.39, 0.29) is 12.0 Å². The lowest BCUT2D eigenvalue weighted by atomic mass is 10.1. The van der Waals surface area contributed by atoms with Gasteiger partial charge in [0.1, 0.15) is 17.5 Å². The Labute approximate surface area is 127 Å². The molecule has 0 aliphatic carbocycles. The van der Waals surface area contributed by atoms with E-state index in [2.05, 4.69) is 25.7 Å². The van der Waals surface area contributed by atoms with Crippen LogP contribution in [0.3, 0.4) is 0 Å². The molecular weight excluding hydrogens is 295 g/mol. The van der Waals surface area contributed by atoms with E-state index in [1.165, 1.54) is 0 Å². The number of halogens is 2. The predicted octanol–water partition coefficient (Wildman–Crippen LogP) is 2.01. The van der Waals surface area contributed by atoms with Gasteiger partial charge in [-0.05, 0) is 13.0 Å². The van der Waals surface area contributed by atoms with Gasteiger partial charge in [0.15, 0.2) is 5.15 Å². The van der Waals surface area contributed by atoms with Crippen LogP contribution >= 0.6 is 11.6 Å². The highest BCUT2D eigenvalue weighted by molar-refractivity contribution is 6.32. The van der Waals surface area contributed by atoms with Crippen molar-refractivity contribution in [1.29, 1.82) is 0 Å². The first-order chi connectivity index (χ1) is 10.1. The maximum absolute atomic E-state index is 13.8. The standard InChI is InChI=1S/C13H18ClFN6/c1-7(2)12-19-11(14)10-6-17-13(20-21(10)12)18-9-3-4-16-5-8(9)15/h6-9,16H,3-5H2,1-2H3,(H,18,20)/t8-,9-/m1/s1. The molecule has 1 aliphatic rings. The number of piperidine rings is 1. The largest absolute Gasteiger partial charge is 0.347 e. The first-order valence-corrected chi connectivity index (χ1v) is 7.46. The first kappa shape index (κ1) is 14.5. The zero-order valence-corrected chi connectivity index (χ0v) is 12.7. The number of nitrogens with one attached hydrogen (secondary N) is 2. The first-order valence-electron chi connectivity index (χ1n) is 7.08. The SMILES string of the molecule is CC(C)c1nc(Cl)c2cnc(N[C@@H]3CCNC[C@H]3F)nn12. The monoisotopic (exact) mass is 312 g/mol. The highest BCUT2D eigenvalue weighted by Crippen LogP contribution is 2.22. The topological polar surface area (TPSA) is 67.1 Å². The molecule has 0 spiro atoms. The fourth-order valence-corrected chi connectivity index (χ4v) is 2.68. The van der Waals surface area contributed by atoms with E-state index in [4.69, 9.17) is 11.6 Å². The van der Waals surface area contributed by atoms with Crippen molar-refractivity contribution in [3.63, 3.8) is 0 Å². The fourth-order valence-electron chi connectivity index (χ4n) is 2.46. The van der Waals surface area contributed by atoms with Crippen molar-refractivity contribution in [3.8, 4) is 0 Å². The Kier molecular flexibility index (Phi) is 3.95. The van der Waals surface area contributed by atoms with Crippen LogP contribution in [-0.2, 0) is 0 Å². The van der Waals surface area contributed by atoms with Crippen molar-refractivity contribution in [1.82, 2.24) is 24.9 Å². The maximum atomic E-state index is 13.8. The minimum Gasteiger partial charge on any atom is -0.347 e. The van der Waals surface area contributed by atoms with Gasteiger partial charge in [-0.15, -0.1) is 5.10 Å². The van der Waals surface area contributed by atoms with E-state index < -0.39 is 6.17 Å². The minimum absolute atomic E-state index is 0.181. The number of nitrogens with zero attached hydrogens (tertiary/aromatic N) is 4. The third kappa shape index (κ3) is 2.80. The summed E-state index contributed by atoms with van der Waals surface area (Å²) in [6.45, 7) is 5.18. The second-order valence-electron chi connectivity index (χ2n) is 5.55. The predicted molar refractivity (Wildman–Crippen MR) is 79.7 cm³/mol. The molecule has 0 unspecified atom stereocenters. The zero-order valence-electron chi connectivity index (χ0n) is 12.0. The van der Waals surface area contributed by atoms with Gasteiger partial charge in [-0.3, -0.25) is 0 Å². The molecule has 21 heavy (non-hydrogen) atoms. The van der Waals surface area contributed by atoms with Crippen LogP contribution in [0.1, 0.15) is 32.0 Å². The highest BCUT2D eigenvalue weighted by Gasteiger charge is 2.25. The molecule has 2 aromatic rings. The Morgan fingerprint density at radius 2 is 2.33 bits per heavy atom. The Balaban J connectivity index is 1.91. The van der Waals surface area contributed by atoms with Crippen LogP contribution in [0, 0.1) is 0 Å². The molecule has 1 saturated heterocycles. The van der Waals surface area contributed by atoms with Gasteiger partial charge in [-0.2, -0.15) is 0 Å². The number of imidazole rings is 1. The van der Waals surface area contributed by atoms with Gasteiger partial charge in [0.2, 0.25) is 5.95 Å². The van der Waals surface area contributed by atoms with Crippen molar-refractivity contribution < 1.29 is 4.39 Å². The van der Waals surface area contributed by atoms with Crippen LogP contribution in [0.4, 0.5) is 10.3 Å². The van der Waals surface area contributed by atoms with Crippen LogP contribution in [0.15, 0.2) is 6.20 Å². The van der Waals surface area contributed by atoms with Crippen molar-refractivity contribution in [2.24, 2.45) is 0 Å². The molecule has 2 atom stereocenters. The summed E-state index contributed by atoms with van der Waals surface area (Å²) >= 11 is 6.09. The number of hydrogen-bond donors (Lipinski definition) is 2. The molecule has 2 aromatic heterocycles. The van der Waals surface area contributed by atoms with Crippen molar-refractivity contribution in [2.45, 2.75) is 38.4 Å². The quantitative estimate of drug-likeness (QED) is 0.907. The number of anilines is 1. The summed E-state index contributed by atoms with van der Waals surface area (Å²) in [5.74, 6) is 1.34. The minimum atomic E-state index is -0.950. The van der Waals surface area contributed by atoms with Crippen LogP contribution in [-0.4, -0.2) is 44.9 Å². The molecule has 1 fully saturated rings. The molecule has 8 heteroatoms. The van der Waals surface area contributed by atoms with Crippen LogP contribution in [0.2, 0.25) is 5.15 Å². The summed E-state index contributed by atoms with van der Waals surface area (Å²) < 4.78 is 15.5. The van der Waals surface area contributed by atoms with Crippen LogP contribution in [0.25, 0.3) is 5.52 Å². The average molecular weight is 313 g/mol. The molecule has 2 N–H and O–H groups in total. The number of alkyl halides is 1. The third-order valence-electron chi connectivity index (χ3n) is 3.61. The Morgan fingerprint density at radius 3 is 3.05 bits per heavy atom. The lowest BCUT2D eigenvalue weighted by molar-refractivity contribution is 0.244. The van der Waals surface area contributed by atoms with E-state index in [0.29, 0.717) is 29.6 Å². The third-order valence-corrected chi connectivity index (χ3v) is 3.89. The summed E-state index contributed by atoms with van der Waals surface area (Å²) in [4.78, 5) is 8.52. The molecule has 0 radical (unpaired) electrons. The zero-order chi connectivity index (χ0) is 15.0. The van der Waals surface area contributed by atoms with E-state index in [9.17, 15) is 4.39 Å². The molecule has 6 nitrogen and oxygen atoms in total. The second kappa shape index (κ2) is 5.73.